The second-order valence-corrected chi connectivity index (χ2v) is 4.79. The molecule has 1 fully saturated rings. The van der Waals surface area contributed by atoms with Gasteiger partial charge in [0.05, 0.1) is 12.0 Å². The Labute approximate surface area is 91.7 Å². The minimum Gasteiger partial charge on any atom is -0.334 e. The Morgan fingerprint density at radius 3 is 2.87 bits per heavy atom. The zero-order valence-corrected chi connectivity index (χ0v) is 9.52. The molecule has 3 nitrogen and oxygen atoms in total. The number of rotatable bonds is 3. The third-order valence-corrected chi connectivity index (χ3v) is 3.18. The molecule has 0 saturated heterocycles. The molecular formula is C12H21N3. The Hall–Kier alpha value is -0.830. The van der Waals surface area contributed by atoms with E-state index in [0.717, 1.165) is 12.1 Å². The van der Waals surface area contributed by atoms with E-state index in [0.29, 0.717) is 6.04 Å². The maximum absolute atomic E-state index is 5.76. The molecule has 0 bridgehead atoms. The van der Waals surface area contributed by atoms with Crippen molar-refractivity contribution in [2.75, 3.05) is 0 Å². The van der Waals surface area contributed by atoms with Crippen LogP contribution in [0.3, 0.4) is 0 Å². The molecule has 1 unspecified atom stereocenters. The average molecular weight is 207 g/mol. The summed E-state index contributed by atoms with van der Waals surface area (Å²) in [6, 6.07) is 0.896. The Kier molecular flexibility index (Phi) is 3.41. The van der Waals surface area contributed by atoms with Crippen LogP contribution in [0.25, 0.3) is 0 Å². The van der Waals surface area contributed by atoms with E-state index in [1.807, 2.05) is 13.3 Å². The standard InChI is InChI=1S/C12H21N3/c1-10(13)7-11-8-15(9-14-11)12-5-3-2-4-6-12/h8-10,12H,2-7,13H2,1H3. The third-order valence-electron chi connectivity index (χ3n) is 3.18. The van der Waals surface area contributed by atoms with Gasteiger partial charge in [0, 0.05) is 24.7 Å². The van der Waals surface area contributed by atoms with Crippen molar-refractivity contribution in [3.8, 4) is 0 Å². The van der Waals surface area contributed by atoms with Crippen LogP contribution in [0.4, 0.5) is 0 Å². The SMILES string of the molecule is CC(N)Cc1cn(C2CCCCC2)cn1. The average Bonchev–Trinajstić information content (AvgIpc) is 2.67. The minimum atomic E-state index is 0.208. The zero-order valence-electron chi connectivity index (χ0n) is 9.52. The quantitative estimate of drug-likeness (QED) is 0.826. The van der Waals surface area contributed by atoms with E-state index in [2.05, 4.69) is 15.7 Å². The lowest BCUT2D eigenvalue weighted by Gasteiger charge is -2.22. The lowest BCUT2D eigenvalue weighted by atomic mass is 9.95. The molecule has 0 aliphatic heterocycles. The van der Waals surface area contributed by atoms with Crippen molar-refractivity contribution < 1.29 is 0 Å². The van der Waals surface area contributed by atoms with E-state index in [-0.39, 0.29) is 6.04 Å². The van der Waals surface area contributed by atoms with Gasteiger partial charge in [0.2, 0.25) is 0 Å². The highest BCUT2D eigenvalue weighted by Crippen LogP contribution is 2.27. The molecule has 0 amide bonds. The van der Waals surface area contributed by atoms with Gasteiger partial charge in [0.1, 0.15) is 0 Å². The summed E-state index contributed by atoms with van der Waals surface area (Å²) in [6.07, 6.45) is 11.8. The molecule has 1 saturated carbocycles. The molecule has 0 aromatic carbocycles. The topological polar surface area (TPSA) is 43.8 Å². The number of nitrogens with zero attached hydrogens (tertiary/aromatic N) is 2. The van der Waals surface area contributed by atoms with Gasteiger partial charge in [-0.25, -0.2) is 4.98 Å². The molecule has 84 valence electrons. The highest BCUT2D eigenvalue weighted by Gasteiger charge is 2.15. The Morgan fingerprint density at radius 1 is 1.47 bits per heavy atom. The number of hydrogen-bond acceptors (Lipinski definition) is 2. The van der Waals surface area contributed by atoms with Crippen LogP contribution in [-0.2, 0) is 6.42 Å². The van der Waals surface area contributed by atoms with E-state index in [1.54, 1.807) is 0 Å². The van der Waals surface area contributed by atoms with E-state index in [4.69, 9.17) is 5.73 Å². The van der Waals surface area contributed by atoms with Gasteiger partial charge in [-0.1, -0.05) is 19.3 Å². The third kappa shape index (κ3) is 2.81. The molecule has 1 aliphatic rings. The molecular weight excluding hydrogens is 186 g/mol. The summed E-state index contributed by atoms with van der Waals surface area (Å²) in [7, 11) is 0. The molecule has 1 heterocycles. The van der Waals surface area contributed by atoms with Crippen molar-refractivity contribution >= 4 is 0 Å². The highest BCUT2D eigenvalue weighted by atomic mass is 15.1. The second-order valence-electron chi connectivity index (χ2n) is 4.79. The number of hydrogen-bond donors (Lipinski definition) is 1. The predicted octanol–water partition coefficient (Wildman–Crippen LogP) is 2.28. The fourth-order valence-corrected chi connectivity index (χ4v) is 2.39. The lowest BCUT2D eigenvalue weighted by Crippen LogP contribution is -2.18. The van der Waals surface area contributed by atoms with Crippen LogP contribution in [-0.4, -0.2) is 15.6 Å². The van der Waals surface area contributed by atoms with E-state index in [9.17, 15) is 0 Å². The van der Waals surface area contributed by atoms with Gasteiger partial charge in [0.25, 0.3) is 0 Å². The second kappa shape index (κ2) is 4.79. The van der Waals surface area contributed by atoms with Gasteiger partial charge < -0.3 is 10.3 Å². The summed E-state index contributed by atoms with van der Waals surface area (Å²) < 4.78 is 2.29. The summed E-state index contributed by atoms with van der Waals surface area (Å²) in [5, 5.41) is 0. The lowest BCUT2D eigenvalue weighted by molar-refractivity contribution is 0.353. The van der Waals surface area contributed by atoms with E-state index in [1.165, 1.54) is 32.1 Å². The van der Waals surface area contributed by atoms with Crippen LogP contribution in [0.15, 0.2) is 12.5 Å². The van der Waals surface area contributed by atoms with Gasteiger partial charge in [-0.15, -0.1) is 0 Å². The largest absolute Gasteiger partial charge is 0.334 e. The first-order valence-electron chi connectivity index (χ1n) is 6.03. The predicted molar refractivity (Wildman–Crippen MR) is 61.7 cm³/mol. The van der Waals surface area contributed by atoms with Gasteiger partial charge >= 0.3 is 0 Å². The van der Waals surface area contributed by atoms with Crippen LogP contribution in [0, 0.1) is 0 Å². The maximum Gasteiger partial charge on any atom is 0.0951 e. The molecule has 1 aromatic rings. The minimum absolute atomic E-state index is 0.208. The Bertz CT molecular complexity index is 298. The first kappa shape index (κ1) is 10.7. The molecule has 1 atom stereocenters. The molecule has 0 spiro atoms. The van der Waals surface area contributed by atoms with Crippen LogP contribution in [0.1, 0.15) is 50.8 Å². The van der Waals surface area contributed by atoms with Gasteiger partial charge in [-0.3, -0.25) is 0 Å². The summed E-state index contributed by atoms with van der Waals surface area (Å²) in [5.74, 6) is 0. The van der Waals surface area contributed by atoms with Crippen LogP contribution >= 0.6 is 0 Å². The monoisotopic (exact) mass is 207 g/mol. The zero-order chi connectivity index (χ0) is 10.7. The van der Waals surface area contributed by atoms with Crippen molar-refractivity contribution in [3.63, 3.8) is 0 Å². The van der Waals surface area contributed by atoms with E-state index < -0.39 is 0 Å². The van der Waals surface area contributed by atoms with Gasteiger partial charge in [0.15, 0.2) is 0 Å². The van der Waals surface area contributed by atoms with Gasteiger partial charge in [-0.05, 0) is 19.8 Å². The first-order valence-corrected chi connectivity index (χ1v) is 6.03. The molecule has 0 radical (unpaired) electrons. The van der Waals surface area contributed by atoms with Crippen LogP contribution < -0.4 is 5.73 Å². The summed E-state index contributed by atoms with van der Waals surface area (Å²) in [5.41, 5.74) is 6.90. The van der Waals surface area contributed by atoms with Crippen LogP contribution in [0.2, 0.25) is 0 Å². The maximum atomic E-state index is 5.76. The first-order chi connectivity index (χ1) is 7.25. The fourth-order valence-electron chi connectivity index (χ4n) is 2.39. The molecule has 15 heavy (non-hydrogen) atoms. The summed E-state index contributed by atoms with van der Waals surface area (Å²) >= 11 is 0. The van der Waals surface area contributed by atoms with Crippen molar-refractivity contribution in [1.82, 2.24) is 9.55 Å². The van der Waals surface area contributed by atoms with Crippen molar-refractivity contribution in [2.24, 2.45) is 5.73 Å². The smallest absolute Gasteiger partial charge is 0.0951 e. The Balaban J connectivity index is 1.99. The Morgan fingerprint density at radius 2 is 2.20 bits per heavy atom. The highest BCUT2D eigenvalue weighted by molar-refractivity contribution is 5.00. The number of imidazole rings is 1. The number of nitrogens with two attached hydrogens (primary N) is 1. The molecule has 1 aliphatic carbocycles. The molecule has 1 aromatic heterocycles. The van der Waals surface area contributed by atoms with Crippen molar-refractivity contribution in [2.45, 2.75) is 57.5 Å². The summed E-state index contributed by atoms with van der Waals surface area (Å²) in [6.45, 7) is 2.03. The van der Waals surface area contributed by atoms with Crippen molar-refractivity contribution in [1.29, 1.82) is 0 Å². The fraction of sp³-hybridized carbons (Fsp3) is 0.750. The molecule has 2 rings (SSSR count). The normalized spacial score (nSPS) is 20.4. The van der Waals surface area contributed by atoms with Crippen LogP contribution in [0.5, 0.6) is 0 Å². The van der Waals surface area contributed by atoms with E-state index >= 15 is 0 Å². The molecule has 2 N–H and O–H groups in total. The number of aromatic nitrogens is 2. The van der Waals surface area contributed by atoms with Gasteiger partial charge in [-0.2, -0.15) is 0 Å². The molecule has 3 heteroatoms. The summed E-state index contributed by atoms with van der Waals surface area (Å²) in [4.78, 5) is 4.41. The van der Waals surface area contributed by atoms with Crippen molar-refractivity contribution in [3.05, 3.63) is 18.2 Å².